The Hall–Kier alpha value is -2.87. The predicted octanol–water partition coefficient (Wildman–Crippen LogP) is 4.16. The lowest BCUT2D eigenvalue weighted by atomic mass is 10.3. The summed E-state index contributed by atoms with van der Waals surface area (Å²) in [7, 11) is 3.57. The van der Waals surface area contributed by atoms with Crippen LogP contribution in [0.3, 0.4) is 0 Å². The average molecular weight is 406 g/mol. The molecule has 3 aromatic rings. The molecule has 0 fully saturated rings. The van der Waals surface area contributed by atoms with E-state index in [0.717, 1.165) is 23.5 Å². The van der Waals surface area contributed by atoms with Gasteiger partial charge in [0, 0.05) is 14.1 Å². The maximum absolute atomic E-state index is 13.1. The highest BCUT2D eigenvalue weighted by molar-refractivity contribution is 6.31. The Morgan fingerprint density at radius 3 is 2.54 bits per heavy atom. The van der Waals surface area contributed by atoms with Crippen LogP contribution in [0, 0.1) is 12.7 Å². The molecule has 2 heterocycles. The minimum Gasteiger partial charge on any atom is -0.439 e. The van der Waals surface area contributed by atoms with Gasteiger partial charge in [0.1, 0.15) is 11.6 Å². The topological polar surface area (TPSA) is 66.5 Å². The van der Waals surface area contributed by atoms with Gasteiger partial charge in [-0.25, -0.2) is 9.07 Å². The van der Waals surface area contributed by atoms with Crippen molar-refractivity contribution in [2.75, 3.05) is 0 Å². The third-order valence-corrected chi connectivity index (χ3v) is 4.64. The highest BCUT2D eigenvalue weighted by atomic mass is 35.5. The van der Waals surface area contributed by atoms with E-state index in [4.69, 9.17) is 21.2 Å². The number of nitrogens with zero attached hydrogens (tertiary/aromatic N) is 5. The second-order valence-corrected chi connectivity index (χ2v) is 6.55. The number of oxime groups is 1. The van der Waals surface area contributed by atoms with Gasteiger partial charge in [0.05, 0.1) is 33.9 Å². The van der Waals surface area contributed by atoms with Crippen LogP contribution in [0.4, 0.5) is 4.39 Å². The van der Waals surface area contributed by atoms with Gasteiger partial charge in [-0.15, -0.1) is 0 Å². The second-order valence-electron chi connectivity index (χ2n) is 6.18. The van der Waals surface area contributed by atoms with Gasteiger partial charge in [-0.05, 0) is 37.6 Å². The van der Waals surface area contributed by atoms with Crippen LogP contribution in [0.15, 0.2) is 29.4 Å². The first-order valence-corrected chi connectivity index (χ1v) is 9.11. The zero-order valence-corrected chi connectivity index (χ0v) is 16.9. The van der Waals surface area contributed by atoms with Crippen LogP contribution >= 0.6 is 11.6 Å². The van der Waals surface area contributed by atoms with Gasteiger partial charge >= 0.3 is 0 Å². The first-order valence-electron chi connectivity index (χ1n) is 8.73. The van der Waals surface area contributed by atoms with Crippen molar-refractivity contribution in [2.45, 2.75) is 26.9 Å². The molecule has 9 heteroatoms. The fourth-order valence-corrected chi connectivity index (χ4v) is 3.05. The molecule has 0 aliphatic rings. The van der Waals surface area contributed by atoms with Crippen molar-refractivity contribution in [1.82, 2.24) is 19.6 Å². The van der Waals surface area contributed by atoms with Crippen LogP contribution in [0.2, 0.25) is 5.02 Å². The third-order valence-electron chi connectivity index (χ3n) is 4.20. The van der Waals surface area contributed by atoms with Crippen LogP contribution < -0.4 is 4.74 Å². The number of hydrogen-bond acceptors (Lipinski definition) is 5. The lowest BCUT2D eigenvalue weighted by Gasteiger charge is -2.07. The number of benzene rings is 1. The van der Waals surface area contributed by atoms with E-state index in [0.29, 0.717) is 22.2 Å². The Labute approximate surface area is 167 Å². The molecule has 0 saturated carbocycles. The minimum absolute atomic E-state index is 0.187. The summed E-state index contributed by atoms with van der Waals surface area (Å²) in [5.74, 6) is 0.640. The molecule has 0 N–H and O–H groups in total. The monoisotopic (exact) mass is 405 g/mol. The fourth-order valence-electron chi connectivity index (χ4n) is 2.70. The van der Waals surface area contributed by atoms with E-state index in [1.165, 1.54) is 18.3 Å². The molecule has 0 aliphatic carbocycles. The van der Waals surface area contributed by atoms with E-state index in [1.54, 1.807) is 28.5 Å². The Kier molecular flexibility index (Phi) is 5.99. The number of hydrogen-bond donors (Lipinski definition) is 0. The molecule has 0 saturated heterocycles. The van der Waals surface area contributed by atoms with E-state index in [9.17, 15) is 4.39 Å². The SMILES string of the molecule is CCc1nn(C)c(CO/N=C/c2c(C)nn(C)c2Oc2ccc(F)cc2)c1Cl. The van der Waals surface area contributed by atoms with Crippen molar-refractivity contribution in [3.63, 3.8) is 0 Å². The lowest BCUT2D eigenvalue weighted by molar-refractivity contribution is 0.126. The standard InChI is InChI=1S/C19H21ClFN5O2/c1-5-16-18(20)17(25(3)24-16)11-27-22-10-15-12(2)23-26(4)19(15)28-14-8-6-13(21)7-9-14/h6-10H,5,11H2,1-4H3/b22-10+. The van der Waals surface area contributed by atoms with Gasteiger partial charge in [0.25, 0.3) is 0 Å². The maximum atomic E-state index is 13.1. The molecule has 0 spiro atoms. The molecule has 0 aliphatic heterocycles. The largest absolute Gasteiger partial charge is 0.439 e. The third kappa shape index (κ3) is 4.17. The summed E-state index contributed by atoms with van der Waals surface area (Å²) in [6.45, 7) is 4.02. The van der Waals surface area contributed by atoms with Gasteiger partial charge in [-0.2, -0.15) is 10.2 Å². The molecular formula is C19H21ClFN5O2. The van der Waals surface area contributed by atoms with Crippen molar-refractivity contribution in [3.05, 3.63) is 57.8 Å². The highest BCUT2D eigenvalue weighted by Gasteiger charge is 2.15. The lowest BCUT2D eigenvalue weighted by Crippen LogP contribution is -2.00. The summed E-state index contributed by atoms with van der Waals surface area (Å²) in [6.07, 6.45) is 2.28. The molecule has 2 aromatic heterocycles. The van der Waals surface area contributed by atoms with Crippen LogP contribution in [0.25, 0.3) is 0 Å². The zero-order chi connectivity index (χ0) is 20.3. The van der Waals surface area contributed by atoms with Gasteiger partial charge in [-0.3, -0.25) is 4.68 Å². The van der Waals surface area contributed by atoms with Gasteiger partial charge < -0.3 is 9.57 Å². The minimum atomic E-state index is -0.330. The number of ether oxygens (including phenoxy) is 1. The van der Waals surface area contributed by atoms with Crippen molar-refractivity contribution in [2.24, 2.45) is 19.3 Å². The zero-order valence-electron chi connectivity index (χ0n) is 16.1. The van der Waals surface area contributed by atoms with E-state index in [2.05, 4.69) is 15.4 Å². The normalized spacial score (nSPS) is 11.4. The molecule has 3 rings (SSSR count). The quantitative estimate of drug-likeness (QED) is 0.437. The van der Waals surface area contributed by atoms with Gasteiger partial charge in [0.15, 0.2) is 6.61 Å². The molecule has 148 valence electrons. The summed E-state index contributed by atoms with van der Waals surface area (Å²) in [6, 6.07) is 5.75. The summed E-state index contributed by atoms with van der Waals surface area (Å²) in [5.41, 5.74) is 2.96. The van der Waals surface area contributed by atoms with Crippen LogP contribution in [-0.4, -0.2) is 25.8 Å². The predicted molar refractivity (Wildman–Crippen MR) is 104 cm³/mol. The first-order chi connectivity index (χ1) is 13.4. The number of rotatable bonds is 7. The molecule has 0 radical (unpaired) electrons. The van der Waals surface area contributed by atoms with Crippen LogP contribution in [0.5, 0.6) is 11.6 Å². The van der Waals surface area contributed by atoms with Crippen LogP contribution in [0.1, 0.15) is 29.6 Å². The molecule has 0 amide bonds. The Morgan fingerprint density at radius 1 is 1.18 bits per heavy atom. The Bertz CT molecular complexity index is 995. The van der Waals surface area contributed by atoms with E-state index in [1.807, 2.05) is 20.9 Å². The second kappa shape index (κ2) is 8.43. The summed E-state index contributed by atoms with van der Waals surface area (Å²) < 4.78 is 22.2. The summed E-state index contributed by atoms with van der Waals surface area (Å²) in [5, 5.41) is 13.3. The molecule has 1 aromatic carbocycles. The maximum Gasteiger partial charge on any atom is 0.226 e. The fraction of sp³-hybridized carbons (Fsp3) is 0.316. The van der Waals surface area contributed by atoms with Gasteiger partial charge in [-0.1, -0.05) is 23.7 Å². The van der Waals surface area contributed by atoms with Crippen molar-refractivity contribution in [1.29, 1.82) is 0 Å². The van der Waals surface area contributed by atoms with Crippen molar-refractivity contribution < 1.29 is 14.0 Å². The Morgan fingerprint density at radius 2 is 1.89 bits per heavy atom. The van der Waals surface area contributed by atoms with Crippen LogP contribution in [-0.2, 0) is 32.0 Å². The smallest absolute Gasteiger partial charge is 0.226 e. The van der Waals surface area contributed by atoms with E-state index < -0.39 is 0 Å². The summed E-state index contributed by atoms with van der Waals surface area (Å²) >= 11 is 6.31. The van der Waals surface area contributed by atoms with Gasteiger partial charge in [0.2, 0.25) is 5.88 Å². The van der Waals surface area contributed by atoms with Crippen molar-refractivity contribution >= 4 is 17.8 Å². The highest BCUT2D eigenvalue weighted by Crippen LogP contribution is 2.26. The molecular weight excluding hydrogens is 385 g/mol. The molecule has 0 unspecified atom stereocenters. The first kappa shape index (κ1) is 19.9. The van der Waals surface area contributed by atoms with Crippen molar-refractivity contribution in [3.8, 4) is 11.6 Å². The molecule has 0 bridgehead atoms. The summed E-state index contributed by atoms with van der Waals surface area (Å²) in [4.78, 5) is 5.41. The Balaban J connectivity index is 1.73. The molecule has 28 heavy (non-hydrogen) atoms. The molecule has 7 nitrogen and oxygen atoms in total. The average Bonchev–Trinajstić information content (AvgIpc) is 3.09. The molecule has 0 atom stereocenters. The number of halogens is 2. The van der Waals surface area contributed by atoms with E-state index >= 15 is 0 Å². The number of aryl methyl sites for hydroxylation is 4. The number of aromatic nitrogens is 4. The van der Waals surface area contributed by atoms with E-state index in [-0.39, 0.29) is 12.4 Å².